The number of rotatable bonds is 9. The highest BCUT2D eigenvalue weighted by Crippen LogP contribution is 2.27. The number of aryl methyl sites for hydroxylation is 3. The molecule has 0 unspecified atom stereocenters. The molecule has 0 aromatic heterocycles. The van der Waals surface area contributed by atoms with Crippen molar-refractivity contribution in [3.8, 4) is 5.75 Å². The van der Waals surface area contributed by atoms with Crippen LogP contribution in [0.4, 0.5) is 0 Å². The molecule has 1 N–H and O–H groups in total. The van der Waals surface area contributed by atoms with Gasteiger partial charge >= 0.3 is 0 Å². The van der Waals surface area contributed by atoms with Gasteiger partial charge in [0.05, 0.1) is 31.3 Å². The molecule has 180 valence electrons. The molecule has 1 heterocycles. The summed E-state index contributed by atoms with van der Waals surface area (Å²) in [4.78, 5) is 13.0. The van der Waals surface area contributed by atoms with Crippen molar-refractivity contribution < 1.29 is 22.7 Å². The van der Waals surface area contributed by atoms with Crippen molar-refractivity contribution in [3.63, 3.8) is 0 Å². The molecule has 2 aromatic rings. The Hall–Kier alpha value is -2.42. The summed E-state index contributed by atoms with van der Waals surface area (Å²) >= 11 is 0. The number of hydrogen-bond acceptors (Lipinski definition) is 5. The van der Waals surface area contributed by atoms with E-state index in [1.807, 2.05) is 6.92 Å². The third kappa shape index (κ3) is 6.13. The van der Waals surface area contributed by atoms with Gasteiger partial charge < -0.3 is 14.8 Å². The lowest BCUT2D eigenvalue weighted by molar-refractivity contribution is -0.121. The number of carbonyl (C=O) groups is 1. The molecular weight excluding hydrogens is 440 g/mol. The number of methoxy groups -OCH3 is 1. The molecule has 1 atom stereocenters. The van der Waals surface area contributed by atoms with E-state index < -0.39 is 10.0 Å². The van der Waals surface area contributed by atoms with Crippen molar-refractivity contribution in [1.29, 1.82) is 0 Å². The van der Waals surface area contributed by atoms with Crippen molar-refractivity contribution >= 4 is 15.9 Å². The fourth-order valence-corrected chi connectivity index (χ4v) is 5.64. The first-order valence-electron chi connectivity index (χ1n) is 11.4. The normalized spacial score (nSPS) is 15.8. The van der Waals surface area contributed by atoms with Crippen LogP contribution < -0.4 is 10.1 Å². The van der Waals surface area contributed by atoms with Crippen molar-refractivity contribution in [3.05, 3.63) is 58.7 Å². The van der Waals surface area contributed by atoms with E-state index in [1.165, 1.54) is 9.87 Å². The van der Waals surface area contributed by atoms with Gasteiger partial charge in [-0.15, -0.1) is 0 Å². The Morgan fingerprint density at radius 1 is 1.15 bits per heavy atom. The van der Waals surface area contributed by atoms with Gasteiger partial charge in [-0.1, -0.05) is 30.7 Å². The van der Waals surface area contributed by atoms with Gasteiger partial charge in [0.25, 0.3) is 0 Å². The maximum Gasteiger partial charge on any atom is 0.243 e. The third-order valence-corrected chi connectivity index (χ3v) is 7.92. The average Bonchev–Trinajstić information content (AvgIpc) is 2.82. The van der Waals surface area contributed by atoms with Crippen molar-refractivity contribution in [2.24, 2.45) is 0 Å². The van der Waals surface area contributed by atoms with Crippen molar-refractivity contribution in [1.82, 2.24) is 9.62 Å². The van der Waals surface area contributed by atoms with Crippen molar-refractivity contribution in [2.75, 3.05) is 33.4 Å². The van der Waals surface area contributed by atoms with Gasteiger partial charge in [0.15, 0.2) is 0 Å². The topological polar surface area (TPSA) is 84.9 Å². The Morgan fingerprint density at radius 2 is 1.88 bits per heavy atom. The quantitative estimate of drug-likeness (QED) is 0.601. The summed E-state index contributed by atoms with van der Waals surface area (Å²) in [6.07, 6.45) is 1.40. The van der Waals surface area contributed by atoms with Gasteiger partial charge in [0, 0.05) is 19.5 Å². The largest absolute Gasteiger partial charge is 0.496 e. The Bertz CT molecular complexity index is 1080. The lowest BCUT2D eigenvalue weighted by Gasteiger charge is -2.26. The number of carbonyl (C=O) groups excluding carboxylic acids is 1. The molecule has 3 rings (SSSR count). The molecule has 8 heteroatoms. The molecule has 33 heavy (non-hydrogen) atoms. The minimum Gasteiger partial charge on any atom is -0.496 e. The number of ether oxygens (including phenoxy) is 2. The summed E-state index contributed by atoms with van der Waals surface area (Å²) in [5.74, 6) is 0.496. The summed E-state index contributed by atoms with van der Waals surface area (Å²) in [5, 5.41) is 3.13. The number of benzene rings is 2. The number of nitrogens with zero attached hydrogens (tertiary/aromatic N) is 1. The van der Waals surface area contributed by atoms with Crippen LogP contribution in [0.15, 0.2) is 41.3 Å². The average molecular weight is 475 g/mol. The maximum absolute atomic E-state index is 13.0. The lowest BCUT2D eigenvalue weighted by Crippen LogP contribution is -2.40. The molecule has 1 amide bonds. The molecule has 0 saturated carbocycles. The van der Waals surface area contributed by atoms with Gasteiger partial charge in [0.2, 0.25) is 15.9 Å². The van der Waals surface area contributed by atoms with Crippen LogP contribution in [0.1, 0.15) is 48.1 Å². The highest BCUT2D eigenvalue weighted by Gasteiger charge is 2.27. The van der Waals surface area contributed by atoms with E-state index in [9.17, 15) is 13.2 Å². The van der Waals surface area contributed by atoms with Crippen LogP contribution in [-0.2, 0) is 26.0 Å². The van der Waals surface area contributed by atoms with E-state index in [4.69, 9.17) is 9.47 Å². The zero-order valence-electron chi connectivity index (χ0n) is 19.9. The zero-order valence-corrected chi connectivity index (χ0v) is 20.7. The Balaban J connectivity index is 1.71. The summed E-state index contributed by atoms with van der Waals surface area (Å²) in [6.45, 7) is 7.61. The van der Waals surface area contributed by atoms with E-state index >= 15 is 0 Å². The van der Waals surface area contributed by atoms with E-state index in [0.29, 0.717) is 44.0 Å². The number of amides is 1. The summed E-state index contributed by atoms with van der Waals surface area (Å²) in [7, 11) is -2.07. The van der Waals surface area contributed by atoms with E-state index in [2.05, 4.69) is 37.4 Å². The number of nitrogens with one attached hydrogen (secondary N) is 1. The van der Waals surface area contributed by atoms with Gasteiger partial charge in [-0.25, -0.2) is 8.42 Å². The minimum atomic E-state index is -3.62. The number of sulfonamides is 1. The molecule has 1 fully saturated rings. The molecular formula is C25H34N2O5S. The molecule has 1 aliphatic heterocycles. The predicted octanol–water partition coefficient (Wildman–Crippen LogP) is 3.53. The summed E-state index contributed by atoms with van der Waals surface area (Å²) in [5.41, 5.74) is 4.16. The fraction of sp³-hybridized carbons (Fsp3) is 0.480. The minimum absolute atomic E-state index is 0.0620. The van der Waals surface area contributed by atoms with Crippen LogP contribution in [0.25, 0.3) is 0 Å². The highest BCUT2D eigenvalue weighted by atomic mass is 32.2. The van der Waals surface area contributed by atoms with Gasteiger partial charge in [-0.05, 0) is 61.6 Å². The Kier molecular flexibility index (Phi) is 8.51. The van der Waals surface area contributed by atoms with Crippen molar-refractivity contribution in [2.45, 2.75) is 51.0 Å². The van der Waals surface area contributed by atoms with Gasteiger partial charge in [0.1, 0.15) is 5.75 Å². The van der Waals surface area contributed by atoms with Crippen LogP contribution in [0.2, 0.25) is 0 Å². The lowest BCUT2D eigenvalue weighted by atomic mass is 9.97. The standard InChI is InChI=1S/C25H34N2O5S/c1-5-23(22-9-6-18(2)16-19(22)3)26-25(28)11-7-20-17-21(8-10-24(20)31-4)33(29,30)27-12-14-32-15-13-27/h6,8-10,16-17,23H,5,7,11-15H2,1-4H3,(H,26,28)/t23-/m0/s1. The van der Waals surface area contributed by atoms with E-state index in [0.717, 1.165) is 17.5 Å². The Labute approximate surface area is 197 Å². The van der Waals surface area contributed by atoms with Gasteiger partial charge in [-0.2, -0.15) is 4.31 Å². The second-order valence-corrected chi connectivity index (χ2v) is 10.3. The number of hydrogen-bond donors (Lipinski definition) is 1. The zero-order chi connectivity index (χ0) is 24.0. The molecule has 0 aliphatic carbocycles. The SMILES string of the molecule is CC[C@H](NC(=O)CCc1cc(S(=O)(=O)N2CCOCC2)ccc1OC)c1ccc(C)cc1C. The molecule has 2 aromatic carbocycles. The fourth-order valence-electron chi connectivity index (χ4n) is 4.18. The monoisotopic (exact) mass is 474 g/mol. The second-order valence-electron chi connectivity index (χ2n) is 8.38. The molecule has 1 saturated heterocycles. The van der Waals surface area contributed by atoms with Crippen LogP contribution in [0, 0.1) is 13.8 Å². The molecule has 0 bridgehead atoms. The first kappa shape index (κ1) is 25.2. The third-order valence-electron chi connectivity index (χ3n) is 6.03. The van der Waals surface area contributed by atoms with E-state index in [1.54, 1.807) is 25.3 Å². The summed E-state index contributed by atoms with van der Waals surface area (Å²) in [6, 6.07) is 11.0. The second kappa shape index (κ2) is 11.1. The van der Waals surface area contributed by atoms with Gasteiger partial charge in [-0.3, -0.25) is 4.79 Å². The molecule has 0 spiro atoms. The predicted molar refractivity (Wildman–Crippen MR) is 128 cm³/mol. The summed E-state index contributed by atoms with van der Waals surface area (Å²) < 4.78 is 38.2. The molecule has 1 aliphatic rings. The van der Waals surface area contributed by atoms with E-state index in [-0.39, 0.29) is 23.3 Å². The highest BCUT2D eigenvalue weighted by molar-refractivity contribution is 7.89. The van der Waals surface area contributed by atoms with Crippen LogP contribution in [0.3, 0.4) is 0 Å². The van der Waals surface area contributed by atoms with Crippen LogP contribution in [0.5, 0.6) is 5.75 Å². The molecule has 0 radical (unpaired) electrons. The maximum atomic E-state index is 13.0. The first-order valence-corrected chi connectivity index (χ1v) is 12.8. The van der Waals surface area contributed by atoms with Crippen LogP contribution in [-0.4, -0.2) is 52.0 Å². The van der Waals surface area contributed by atoms with Crippen LogP contribution >= 0.6 is 0 Å². The number of morpholine rings is 1. The smallest absolute Gasteiger partial charge is 0.243 e. The Morgan fingerprint density at radius 3 is 2.52 bits per heavy atom. The molecule has 7 nitrogen and oxygen atoms in total. The first-order chi connectivity index (χ1) is 15.8.